The average Bonchev–Trinajstić information content (AvgIpc) is 3.44. The second-order valence-electron chi connectivity index (χ2n) is 6.93. The Balaban J connectivity index is 1.53. The van der Waals surface area contributed by atoms with Gasteiger partial charge in [-0.15, -0.1) is 11.3 Å². The van der Waals surface area contributed by atoms with Gasteiger partial charge in [0.25, 0.3) is 5.56 Å². The highest BCUT2D eigenvalue weighted by molar-refractivity contribution is 7.14. The number of nitrogens with one attached hydrogen (secondary N) is 1. The third-order valence-electron chi connectivity index (χ3n) is 4.55. The Hall–Kier alpha value is -3.15. The number of anilines is 1. The summed E-state index contributed by atoms with van der Waals surface area (Å²) in [5.74, 6) is -3.04. The number of hydrogen-bond donors (Lipinski definition) is 1. The molecule has 4 rings (SSSR count). The third kappa shape index (κ3) is 4.63. The van der Waals surface area contributed by atoms with Gasteiger partial charge in [-0.2, -0.15) is 18.3 Å². The van der Waals surface area contributed by atoms with Gasteiger partial charge in [0.05, 0.1) is 11.4 Å². The normalized spacial score (nSPS) is 14.0. The summed E-state index contributed by atoms with van der Waals surface area (Å²) in [6, 6.07) is 3.93. The molecule has 0 spiro atoms. The van der Waals surface area contributed by atoms with Crippen molar-refractivity contribution in [3.8, 4) is 11.3 Å². The second kappa shape index (κ2) is 7.84. The Bertz CT molecular complexity index is 1220. The molecule has 1 aromatic carbocycles. The van der Waals surface area contributed by atoms with E-state index in [9.17, 15) is 31.5 Å². The molecule has 1 aliphatic rings. The number of halogens is 5. The van der Waals surface area contributed by atoms with Crippen molar-refractivity contribution in [2.45, 2.75) is 31.5 Å². The molecule has 0 saturated heterocycles. The average molecular weight is 456 g/mol. The van der Waals surface area contributed by atoms with E-state index in [2.05, 4.69) is 15.4 Å². The minimum absolute atomic E-state index is 0.0761. The van der Waals surface area contributed by atoms with E-state index in [-0.39, 0.29) is 28.0 Å². The molecule has 6 nitrogen and oxygen atoms in total. The van der Waals surface area contributed by atoms with Gasteiger partial charge in [-0.05, 0) is 37.1 Å². The molecule has 162 valence electrons. The van der Waals surface area contributed by atoms with Crippen LogP contribution >= 0.6 is 11.3 Å². The van der Waals surface area contributed by atoms with E-state index in [1.54, 1.807) is 0 Å². The highest BCUT2D eigenvalue weighted by atomic mass is 32.1. The Morgan fingerprint density at radius 2 is 1.94 bits per heavy atom. The second-order valence-corrected chi connectivity index (χ2v) is 7.79. The Kier molecular flexibility index (Phi) is 5.33. The van der Waals surface area contributed by atoms with Crippen molar-refractivity contribution in [1.82, 2.24) is 14.8 Å². The fourth-order valence-corrected chi connectivity index (χ4v) is 3.60. The molecule has 0 unspecified atom stereocenters. The molecule has 12 heteroatoms. The molecule has 0 atom stereocenters. The molecule has 3 aromatic rings. The topological polar surface area (TPSA) is 76.9 Å². The van der Waals surface area contributed by atoms with Crippen molar-refractivity contribution in [2.24, 2.45) is 0 Å². The van der Waals surface area contributed by atoms with Crippen LogP contribution in [0.15, 0.2) is 34.4 Å². The van der Waals surface area contributed by atoms with E-state index < -0.39 is 41.4 Å². The van der Waals surface area contributed by atoms with E-state index in [1.807, 2.05) is 0 Å². The van der Waals surface area contributed by atoms with Crippen LogP contribution in [0.25, 0.3) is 11.3 Å². The van der Waals surface area contributed by atoms with Crippen LogP contribution in [-0.2, 0) is 17.5 Å². The maximum absolute atomic E-state index is 13.4. The van der Waals surface area contributed by atoms with Gasteiger partial charge < -0.3 is 5.32 Å². The first-order valence-electron chi connectivity index (χ1n) is 9.02. The monoisotopic (exact) mass is 456 g/mol. The lowest BCUT2D eigenvalue weighted by atomic mass is 10.2. The first-order valence-corrected chi connectivity index (χ1v) is 9.90. The van der Waals surface area contributed by atoms with Gasteiger partial charge in [-0.3, -0.25) is 9.59 Å². The summed E-state index contributed by atoms with van der Waals surface area (Å²) in [6.45, 7) is -0.734. The zero-order chi connectivity index (χ0) is 22.3. The van der Waals surface area contributed by atoms with E-state index >= 15 is 0 Å². The van der Waals surface area contributed by atoms with Crippen LogP contribution in [-0.4, -0.2) is 20.7 Å². The van der Waals surface area contributed by atoms with Crippen LogP contribution in [0.3, 0.4) is 0 Å². The van der Waals surface area contributed by atoms with Crippen LogP contribution in [0.5, 0.6) is 0 Å². The van der Waals surface area contributed by atoms with Gasteiger partial charge in [0.2, 0.25) is 5.91 Å². The van der Waals surface area contributed by atoms with Crippen molar-refractivity contribution in [3.05, 3.63) is 62.9 Å². The van der Waals surface area contributed by atoms with E-state index in [1.165, 1.54) is 11.4 Å². The van der Waals surface area contributed by atoms with Crippen LogP contribution in [0.2, 0.25) is 0 Å². The Morgan fingerprint density at radius 3 is 2.58 bits per heavy atom. The minimum atomic E-state index is -4.86. The van der Waals surface area contributed by atoms with E-state index in [0.717, 1.165) is 29.5 Å². The maximum atomic E-state index is 13.4. The van der Waals surface area contributed by atoms with Gasteiger partial charge in [0.1, 0.15) is 12.1 Å². The lowest BCUT2D eigenvalue weighted by Crippen LogP contribution is -2.35. The third-order valence-corrected chi connectivity index (χ3v) is 5.31. The molecule has 0 radical (unpaired) electrons. The highest BCUT2D eigenvalue weighted by Crippen LogP contribution is 2.40. The fraction of sp³-hybridized carbons (Fsp3) is 0.263. The van der Waals surface area contributed by atoms with Crippen LogP contribution < -0.4 is 10.9 Å². The van der Waals surface area contributed by atoms with Crippen molar-refractivity contribution in [2.75, 3.05) is 5.32 Å². The number of amides is 1. The summed E-state index contributed by atoms with van der Waals surface area (Å²) in [4.78, 5) is 28.5. The molecule has 1 saturated carbocycles. The van der Waals surface area contributed by atoms with Gasteiger partial charge in [-0.25, -0.2) is 18.4 Å². The van der Waals surface area contributed by atoms with Crippen LogP contribution in [0, 0.1) is 11.6 Å². The maximum Gasteiger partial charge on any atom is 0.421 e. The molecule has 0 aliphatic heterocycles. The van der Waals surface area contributed by atoms with Crippen molar-refractivity contribution in [3.63, 3.8) is 0 Å². The van der Waals surface area contributed by atoms with Crippen molar-refractivity contribution in [1.29, 1.82) is 0 Å². The number of rotatable bonds is 5. The Morgan fingerprint density at radius 1 is 1.19 bits per heavy atom. The number of thiazole rings is 1. The summed E-state index contributed by atoms with van der Waals surface area (Å²) in [6.07, 6.45) is -3.53. The summed E-state index contributed by atoms with van der Waals surface area (Å²) >= 11 is 0.976. The number of carbonyl (C=O) groups excluding carboxylic acids is 1. The quantitative estimate of drug-likeness (QED) is 0.585. The zero-order valence-electron chi connectivity index (χ0n) is 15.5. The van der Waals surface area contributed by atoms with E-state index in [4.69, 9.17) is 0 Å². The molecule has 2 aromatic heterocycles. The van der Waals surface area contributed by atoms with Crippen molar-refractivity contribution >= 4 is 22.4 Å². The molecule has 1 aliphatic carbocycles. The fourth-order valence-electron chi connectivity index (χ4n) is 2.87. The van der Waals surface area contributed by atoms with Crippen LogP contribution in [0.4, 0.5) is 27.1 Å². The smallest absolute Gasteiger partial charge is 0.300 e. The number of alkyl halides is 3. The molecule has 1 amide bonds. The molecule has 1 fully saturated rings. The van der Waals surface area contributed by atoms with Crippen LogP contribution in [0.1, 0.15) is 30.0 Å². The number of aromatic nitrogens is 3. The van der Waals surface area contributed by atoms with E-state index in [0.29, 0.717) is 17.5 Å². The minimum Gasteiger partial charge on any atom is -0.300 e. The highest BCUT2D eigenvalue weighted by Gasteiger charge is 2.37. The molecule has 2 heterocycles. The van der Waals surface area contributed by atoms with Gasteiger partial charge in [-0.1, -0.05) is 0 Å². The van der Waals surface area contributed by atoms with Gasteiger partial charge in [0, 0.05) is 16.9 Å². The number of hydrogen-bond acceptors (Lipinski definition) is 5. The Labute approximate surface area is 175 Å². The standard InChI is InChI=1S/C19H13F5N4O2S/c20-12-4-3-10(5-13(12)21)15-8-31-18(25-15)26-16(29)7-28-17(30)11(19(22,23)24)6-14(27-28)9-1-2-9/h3-6,8-9H,1-2,7H2,(H,25,26,29). The number of benzene rings is 1. The molecule has 31 heavy (non-hydrogen) atoms. The molecule has 0 bridgehead atoms. The van der Waals surface area contributed by atoms with Crippen molar-refractivity contribution < 1.29 is 26.7 Å². The number of carbonyl (C=O) groups is 1. The summed E-state index contributed by atoms with van der Waals surface area (Å²) < 4.78 is 66.5. The summed E-state index contributed by atoms with van der Waals surface area (Å²) in [5, 5.41) is 7.85. The van der Waals surface area contributed by atoms with Gasteiger partial charge >= 0.3 is 6.18 Å². The molecular weight excluding hydrogens is 443 g/mol. The van der Waals surface area contributed by atoms with Gasteiger partial charge in [0.15, 0.2) is 16.8 Å². The lowest BCUT2D eigenvalue weighted by Gasteiger charge is -2.12. The first-order chi connectivity index (χ1) is 14.6. The molecular formula is C19H13F5N4O2S. The molecule has 1 N–H and O–H groups in total. The summed E-state index contributed by atoms with van der Waals surface area (Å²) in [7, 11) is 0. The predicted molar refractivity (Wildman–Crippen MR) is 102 cm³/mol. The number of nitrogens with zero attached hydrogens (tertiary/aromatic N) is 3. The zero-order valence-corrected chi connectivity index (χ0v) is 16.4. The largest absolute Gasteiger partial charge is 0.421 e. The lowest BCUT2D eigenvalue weighted by molar-refractivity contribution is -0.139. The summed E-state index contributed by atoms with van der Waals surface area (Å²) in [5.41, 5.74) is -2.11. The first kappa shape index (κ1) is 21.1. The SMILES string of the molecule is O=C(Cn1nc(C2CC2)cc(C(F)(F)F)c1=O)Nc1nc(-c2ccc(F)c(F)c2)cs1. The predicted octanol–water partition coefficient (Wildman–Crippen LogP) is 4.18.